The second-order valence-electron chi connectivity index (χ2n) is 4.11. The number of Topliss-reactive ketones (excluding diaryl/α,β-unsaturated/α-hetero) is 1. The smallest absolute Gasteiger partial charge is 0.179 e. The van der Waals surface area contributed by atoms with E-state index in [1.807, 2.05) is 12.1 Å². The maximum absolute atomic E-state index is 11.9. The van der Waals surface area contributed by atoms with Crippen LogP contribution in [0.4, 0.5) is 0 Å². The Morgan fingerprint density at radius 3 is 2.33 bits per heavy atom. The Kier molecular flexibility index (Phi) is 4.48. The van der Waals surface area contributed by atoms with E-state index in [2.05, 4.69) is 29.8 Å². The van der Waals surface area contributed by atoms with Crippen LogP contribution >= 0.6 is 15.9 Å². The van der Waals surface area contributed by atoms with Crippen LogP contribution in [0.25, 0.3) is 0 Å². The van der Waals surface area contributed by atoms with Gasteiger partial charge in [-0.1, -0.05) is 41.9 Å². The Morgan fingerprint density at radius 2 is 1.87 bits per heavy atom. The molecule has 1 unspecified atom stereocenters. The molecule has 0 saturated heterocycles. The zero-order valence-electron chi connectivity index (χ0n) is 9.03. The van der Waals surface area contributed by atoms with Crippen molar-refractivity contribution in [1.82, 2.24) is 0 Å². The number of nitrogens with two attached hydrogens (primary N) is 1. The maximum atomic E-state index is 11.9. The molecule has 0 heterocycles. The zero-order valence-corrected chi connectivity index (χ0v) is 10.6. The summed E-state index contributed by atoms with van der Waals surface area (Å²) in [6, 6.07) is 6.93. The van der Waals surface area contributed by atoms with Gasteiger partial charge in [0.1, 0.15) is 0 Å². The maximum Gasteiger partial charge on any atom is 0.179 e. The van der Waals surface area contributed by atoms with Crippen LogP contribution in [0.15, 0.2) is 28.7 Å². The van der Waals surface area contributed by atoms with Crippen LogP contribution in [0.2, 0.25) is 0 Å². The number of carbonyl (C=O) groups excluding carboxylic acids is 1. The summed E-state index contributed by atoms with van der Waals surface area (Å²) in [5.74, 6) is 0.468. The highest BCUT2D eigenvalue weighted by atomic mass is 79.9. The third-order valence-electron chi connectivity index (χ3n) is 2.19. The number of benzene rings is 1. The van der Waals surface area contributed by atoms with Crippen LogP contribution < -0.4 is 5.73 Å². The summed E-state index contributed by atoms with van der Waals surface area (Å²) in [5.41, 5.74) is 6.51. The minimum atomic E-state index is -0.383. The molecule has 2 nitrogen and oxygen atoms in total. The molecule has 1 aromatic carbocycles. The van der Waals surface area contributed by atoms with Crippen LogP contribution in [0.3, 0.4) is 0 Å². The molecule has 0 aromatic heterocycles. The lowest BCUT2D eigenvalue weighted by Gasteiger charge is -2.12. The van der Waals surface area contributed by atoms with E-state index in [1.165, 1.54) is 0 Å². The Balaban J connectivity index is 2.72. The van der Waals surface area contributed by atoms with Gasteiger partial charge in [0.15, 0.2) is 5.78 Å². The SMILES string of the molecule is CC(C)CC(N)C(=O)c1ccc(Br)cc1. The first-order chi connectivity index (χ1) is 7.00. The van der Waals surface area contributed by atoms with Crippen LogP contribution in [0.5, 0.6) is 0 Å². The third kappa shape index (κ3) is 3.76. The molecule has 0 aliphatic carbocycles. The van der Waals surface area contributed by atoms with E-state index in [1.54, 1.807) is 12.1 Å². The van der Waals surface area contributed by atoms with Crippen molar-refractivity contribution in [3.05, 3.63) is 34.3 Å². The number of hydrogen-bond donors (Lipinski definition) is 1. The highest BCUT2D eigenvalue weighted by Crippen LogP contribution is 2.13. The third-order valence-corrected chi connectivity index (χ3v) is 2.72. The van der Waals surface area contributed by atoms with Crippen LogP contribution in [0, 0.1) is 5.92 Å². The fraction of sp³-hybridized carbons (Fsp3) is 0.417. The molecule has 2 N–H and O–H groups in total. The van der Waals surface area contributed by atoms with Gasteiger partial charge >= 0.3 is 0 Å². The number of rotatable bonds is 4. The van der Waals surface area contributed by atoms with E-state index < -0.39 is 0 Å². The predicted molar refractivity (Wildman–Crippen MR) is 65.9 cm³/mol. The quantitative estimate of drug-likeness (QED) is 0.854. The first-order valence-corrected chi connectivity index (χ1v) is 5.85. The molecule has 82 valence electrons. The average Bonchev–Trinajstić information content (AvgIpc) is 2.17. The van der Waals surface area contributed by atoms with Crippen molar-refractivity contribution in [3.63, 3.8) is 0 Å². The summed E-state index contributed by atoms with van der Waals surface area (Å²) in [6.45, 7) is 4.13. The number of ketones is 1. The van der Waals surface area contributed by atoms with Gasteiger partial charge in [-0.25, -0.2) is 0 Å². The summed E-state index contributed by atoms with van der Waals surface area (Å²) in [6.07, 6.45) is 0.731. The average molecular weight is 270 g/mol. The minimum Gasteiger partial charge on any atom is -0.321 e. The minimum absolute atomic E-state index is 0.0243. The summed E-state index contributed by atoms with van der Waals surface area (Å²) in [5, 5.41) is 0. The molecule has 3 heteroatoms. The lowest BCUT2D eigenvalue weighted by molar-refractivity contribution is 0.0951. The molecule has 15 heavy (non-hydrogen) atoms. The second-order valence-corrected chi connectivity index (χ2v) is 5.02. The molecule has 1 atom stereocenters. The lowest BCUT2D eigenvalue weighted by Crippen LogP contribution is -2.31. The van der Waals surface area contributed by atoms with Gasteiger partial charge in [0, 0.05) is 10.0 Å². The first-order valence-electron chi connectivity index (χ1n) is 5.06. The lowest BCUT2D eigenvalue weighted by atomic mass is 9.97. The Labute approximate surface area is 99.0 Å². The number of halogens is 1. The predicted octanol–water partition coefficient (Wildman–Crippen LogP) is 3.01. The van der Waals surface area contributed by atoms with E-state index >= 15 is 0 Å². The number of hydrogen-bond acceptors (Lipinski definition) is 2. The summed E-state index contributed by atoms with van der Waals surface area (Å²) < 4.78 is 0.969. The van der Waals surface area contributed by atoms with Crippen LogP contribution in [0.1, 0.15) is 30.6 Å². The van der Waals surface area contributed by atoms with Crippen molar-refractivity contribution in [2.75, 3.05) is 0 Å². The first kappa shape index (κ1) is 12.4. The van der Waals surface area contributed by atoms with Crippen LogP contribution in [-0.2, 0) is 0 Å². The highest BCUT2D eigenvalue weighted by molar-refractivity contribution is 9.10. The second kappa shape index (κ2) is 5.42. The van der Waals surface area contributed by atoms with E-state index in [-0.39, 0.29) is 11.8 Å². The van der Waals surface area contributed by atoms with Gasteiger partial charge in [0.25, 0.3) is 0 Å². The van der Waals surface area contributed by atoms with Gasteiger partial charge in [-0.15, -0.1) is 0 Å². The van der Waals surface area contributed by atoms with Crippen molar-refractivity contribution in [3.8, 4) is 0 Å². The van der Waals surface area contributed by atoms with Crippen molar-refractivity contribution in [2.45, 2.75) is 26.3 Å². The van der Waals surface area contributed by atoms with Gasteiger partial charge < -0.3 is 5.73 Å². The molecule has 0 radical (unpaired) electrons. The highest BCUT2D eigenvalue weighted by Gasteiger charge is 2.16. The molecule has 0 aliphatic rings. The normalized spacial score (nSPS) is 12.9. The van der Waals surface area contributed by atoms with Crippen molar-refractivity contribution in [2.24, 2.45) is 11.7 Å². The fourth-order valence-electron chi connectivity index (χ4n) is 1.44. The Bertz CT molecular complexity index is 332. The monoisotopic (exact) mass is 269 g/mol. The summed E-state index contributed by atoms with van der Waals surface area (Å²) in [7, 11) is 0. The van der Waals surface area contributed by atoms with Crippen molar-refractivity contribution >= 4 is 21.7 Å². The van der Waals surface area contributed by atoms with E-state index in [4.69, 9.17) is 5.73 Å². The van der Waals surface area contributed by atoms with Crippen LogP contribution in [-0.4, -0.2) is 11.8 Å². The topological polar surface area (TPSA) is 43.1 Å². The molecular weight excluding hydrogens is 254 g/mol. The molecular formula is C12H16BrNO. The molecule has 0 saturated carbocycles. The van der Waals surface area contributed by atoms with Gasteiger partial charge in [0.05, 0.1) is 6.04 Å². The largest absolute Gasteiger partial charge is 0.321 e. The van der Waals surface area contributed by atoms with Gasteiger partial charge in [0.2, 0.25) is 0 Å². The Morgan fingerprint density at radius 1 is 1.33 bits per heavy atom. The van der Waals surface area contributed by atoms with E-state index in [0.717, 1.165) is 10.9 Å². The summed E-state index contributed by atoms with van der Waals surface area (Å²) >= 11 is 3.33. The number of carbonyl (C=O) groups is 1. The van der Waals surface area contributed by atoms with Gasteiger partial charge in [-0.2, -0.15) is 0 Å². The van der Waals surface area contributed by atoms with Crippen molar-refractivity contribution < 1.29 is 4.79 Å². The standard InChI is InChI=1S/C12H16BrNO/c1-8(2)7-11(14)12(15)9-3-5-10(13)6-4-9/h3-6,8,11H,7,14H2,1-2H3. The molecule has 0 fully saturated rings. The van der Waals surface area contributed by atoms with E-state index in [0.29, 0.717) is 11.5 Å². The Hall–Kier alpha value is -0.670. The van der Waals surface area contributed by atoms with Gasteiger partial charge in [-0.05, 0) is 24.5 Å². The molecule has 0 bridgehead atoms. The summed E-state index contributed by atoms with van der Waals surface area (Å²) in [4.78, 5) is 11.9. The van der Waals surface area contributed by atoms with E-state index in [9.17, 15) is 4.79 Å². The molecule has 1 rings (SSSR count). The fourth-order valence-corrected chi connectivity index (χ4v) is 1.71. The molecule has 0 amide bonds. The van der Waals surface area contributed by atoms with Gasteiger partial charge in [-0.3, -0.25) is 4.79 Å². The molecule has 0 aliphatic heterocycles. The van der Waals surface area contributed by atoms with Crippen molar-refractivity contribution in [1.29, 1.82) is 0 Å². The zero-order chi connectivity index (χ0) is 11.4. The molecule has 1 aromatic rings. The molecule has 0 spiro atoms.